The van der Waals surface area contributed by atoms with Gasteiger partial charge in [-0.25, -0.2) is 4.98 Å². The van der Waals surface area contributed by atoms with Gasteiger partial charge in [0, 0.05) is 12.7 Å². The Balaban J connectivity index is 1.78. The van der Waals surface area contributed by atoms with Gasteiger partial charge in [0.25, 0.3) is 5.56 Å². The van der Waals surface area contributed by atoms with Gasteiger partial charge >= 0.3 is 0 Å². The first-order chi connectivity index (χ1) is 11.1. The van der Waals surface area contributed by atoms with Crippen LogP contribution in [0.5, 0.6) is 0 Å². The number of benzene rings is 1. The number of aryl methyl sites for hydroxylation is 1. The number of carbonyl (C=O) groups excluding carboxylic acids is 1. The zero-order valence-corrected chi connectivity index (χ0v) is 12.2. The molecule has 0 bridgehead atoms. The largest absolute Gasteiger partial charge is 0.325 e. The lowest BCUT2D eigenvalue weighted by molar-refractivity contribution is -0.116. The summed E-state index contributed by atoms with van der Waals surface area (Å²) in [5.74, 6) is -0.359. The Morgan fingerprint density at radius 3 is 2.78 bits per heavy atom. The van der Waals surface area contributed by atoms with Gasteiger partial charge in [-0.1, -0.05) is 0 Å². The highest BCUT2D eigenvalue weighted by molar-refractivity contribution is 5.90. The molecule has 0 aliphatic heterocycles. The molecule has 8 heteroatoms. The molecular weight excluding hydrogens is 296 g/mol. The van der Waals surface area contributed by atoms with Crippen LogP contribution < -0.4 is 10.9 Å². The van der Waals surface area contributed by atoms with Crippen molar-refractivity contribution < 1.29 is 4.79 Å². The number of anilines is 1. The van der Waals surface area contributed by atoms with E-state index in [1.54, 1.807) is 31.3 Å². The number of hydrogen-bond donors (Lipinski definition) is 1. The third kappa shape index (κ3) is 2.80. The highest BCUT2D eigenvalue weighted by Crippen LogP contribution is 2.09. The minimum Gasteiger partial charge on any atom is -0.325 e. The van der Waals surface area contributed by atoms with E-state index in [2.05, 4.69) is 15.4 Å². The normalized spacial score (nSPS) is 10.4. The van der Waals surface area contributed by atoms with Gasteiger partial charge in [-0.15, -0.1) is 0 Å². The predicted octanol–water partition coefficient (Wildman–Crippen LogP) is 0.640. The Kier molecular flexibility index (Phi) is 3.60. The summed E-state index contributed by atoms with van der Waals surface area (Å²) in [5.41, 5.74) is 1.21. The van der Waals surface area contributed by atoms with Crippen LogP contribution in [0.4, 0.5) is 5.69 Å². The molecule has 2 heterocycles. The summed E-state index contributed by atoms with van der Waals surface area (Å²) in [5, 5.41) is 15.7. The maximum absolute atomic E-state index is 12.3. The minimum absolute atomic E-state index is 0.156. The molecule has 1 amide bonds. The number of amides is 1. The Morgan fingerprint density at radius 1 is 1.35 bits per heavy atom. The molecule has 0 fully saturated rings. The van der Waals surface area contributed by atoms with E-state index in [9.17, 15) is 9.59 Å². The molecule has 1 N–H and O–H groups in total. The maximum atomic E-state index is 12.3. The smallest absolute Gasteiger partial charge is 0.264 e. The van der Waals surface area contributed by atoms with Crippen molar-refractivity contribution in [2.75, 3.05) is 5.32 Å². The van der Waals surface area contributed by atoms with Crippen molar-refractivity contribution >= 4 is 22.6 Å². The summed E-state index contributed by atoms with van der Waals surface area (Å²) >= 11 is 0. The van der Waals surface area contributed by atoms with E-state index in [1.165, 1.54) is 21.8 Å². The molecule has 0 aliphatic rings. The zero-order valence-electron chi connectivity index (χ0n) is 12.2. The number of nitrogens with zero attached hydrogens (tertiary/aromatic N) is 5. The Hall–Kier alpha value is -3.47. The number of nitriles is 1. The second kappa shape index (κ2) is 5.73. The third-order valence-corrected chi connectivity index (χ3v) is 3.33. The van der Waals surface area contributed by atoms with Gasteiger partial charge in [-0.2, -0.15) is 10.4 Å². The van der Waals surface area contributed by atoms with Crippen LogP contribution in [0.1, 0.15) is 5.56 Å². The number of carbonyl (C=O) groups is 1. The van der Waals surface area contributed by atoms with Crippen LogP contribution in [0.3, 0.4) is 0 Å². The molecule has 0 spiro atoms. The molecule has 23 heavy (non-hydrogen) atoms. The van der Waals surface area contributed by atoms with Crippen LogP contribution in [0.25, 0.3) is 11.0 Å². The van der Waals surface area contributed by atoms with E-state index in [1.807, 2.05) is 6.07 Å². The third-order valence-electron chi connectivity index (χ3n) is 3.33. The summed E-state index contributed by atoms with van der Waals surface area (Å²) in [6.45, 7) is -0.156. The minimum atomic E-state index is -0.359. The number of hydrogen-bond acceptors (Lipinski definition) is 5. The first-order valence-corrected chi connectivity index (χ1v) is 6.75. The molecule has 1 aromatic carbocycles. The Bertz CT molecular complexity index is 978. The Morgan fingerprint density at radius 2 is 2.09 bits per heavy atom. The van der Waals surface area contributed by atoms with E-state index in [4.69, 9.17) is 5.26 Å². The molecule has 0 atom stereocenters. The summed E-state index contributed by atoms with van der Waals surface area (Å²) in [6.07, 6.45) is 2.75. The molecule has 0 saturated carbocycles. The first kappa shape index (κ1) is 14.5. The van der Waals surface area contributed by atoms with Crippen LogP contribution >= 0.6 is 0 Å². The van der Waals surface area contributed by atoms with Crippen LogP contribution in [-0.2, 0) is 18.4 Å². The molecular formula is C15H12N6O2. The zero-order chi connectivity index (χ0) is 16.4. The van der Waals surface area contributed by atoms with Crippen molar-refractivity contribution in [2.45, 2.75) is 6.54 Å². The molecule has 0 unspecified atom stereocenters. The number of rotatable bonds is 3. The molecule has 8 nitrogen and oxygen atoms in total. The first-order valence-electron chi connectivity index (χ1n) is 6.75. The summed E-state index contributed by atoms with van der Waals surface area (Å²) in [7, 11) is 1.69. The second-order valence-corrected chi connectivity index (χ2v) is 4.92. The molecule has 114 valence electrons. The van der Waals surface area contributed by atoms with E-state index < -0.39 is 0 Å². The second-order valence-electron chi connectivity index (χ2n) is 4.92. The van der Waals surface area contributed by atoms with Crippen molar-refractivity contribution in [3.8, 4) is 6.07 Å². The van der Waals surface area contributed by atoms with E-state index in [-0.39, 0.29) is 18.0 Å². The fourth-order valence-corrected chi connectivity index (χ4v) is 2.16. The van der Waals surface area contributed by atoms with Crippen LogP contribution in [0.2, 0.25) is 0 Å². The number of nitrogens with one attached hydrogen (secondary N) is 1. The van der Waals surface area contributed by atoms with E-state index in [0.717, 1.165) is 0 Å². The lowest BCUT2D eigenvalue weighted by Gasteiger charge is -2.07. The van der Waals surface area contributed by atoms with Crippen LogP contribution in [0.15, 0.2) is 41.6 Å². The maximum Gasteiger partial charge on any atom is 0.264 e. The average Bonchev–Trinajstić information content (AvgIpc) is 2.93. The van der Waals surface area contributed by atoms with E-state index in [0.29, 0.717) is 22.3 Å². The quantitative estimate of drug-likeness (QED) is 0.764. The Labute approximate surface area is 130 Å². The van der Waals surface area contributed by atoms with Gasteiger partial charge in [-0.3, -0.25) is 18.8 Å². The molecule has 0 radical (unpaired) electrons. The van der Waals surface area contributed by atoms with Gasteiger partial charge < -0.3 is 5.32 Å². The van der Waals surface area contributed by atoms with Crippen molar-refractivity contribution in [1.82, 2.24) is 19.3 Å². The fourth-order valence-electron chi connectivity index (χ4n) is 2.16. The molecule has 3 aromatic rings. The summed E-state index contributed by atoms with van der Waals surface area (Å²) in [4.78, 5) is 28.4. The fraction of sp³-hybridized carbons (Fsp3) is 0.133. The highest BCUT2D eigenvalue weighted by Gasteiger charge is 2.11. The van der Waals surface area contributed by atoms with Crippen molar-refractivity contribution in [2.24, 2.45) is 7.05 Å². The van der Waals surface area contributed by atoms with Gasteiger partial charge in [0.2, 0.25) is 5.91 Å². The standard InChI is InChI=1S/C15H12N6O2/c1-20-14-12(7-18-20)15(23)21(9-17-14)8-13(22)19-11-4-2-10(6-16)3-5-11/h2-5,7,9H,8H2,1H3,(H,19,22). The van der Waals surface area contributed by atoms with Gasteiger partial charge in [0.05, 0.1) is 17.8 Å². The lowest BCUT2D eigenvalue weighted by Crippen LogP contribution is -2.27. The van der Waals surface area contributed by atoms with Crippen molar-refractivity contribution in [1.29, 1.82) is 5.26 Å². The van der Waals surface area contributed by atoms with E-state index >= 15 is 0 Å². The average molecular weight is 308 g/mol. The van der Waals surface area contributed by atoms with Crippen molar-refractivity contribution in [3.05, 3.63) is 52.7 Å². The monoisotopic (exact) mass is 308 g/mol. The molecule has 0 saturated heterocycles. The topological polar surface area (TPSA) is 106 Å². The molecule has 2 aromatic heterocycles. The summed E-state index contributed by atoms with van der Waals surface area (Å²) in [6, 6.07) is 8.46. The predicted molar refractivity (Wildman–Crippen MR) is 82.6 cm³/mol. The van der Waals surface area contributed by atoms with Crippen molar-refractivity contribution in [3.63, 3.8) is 0 Å². The van der Waals surface area contributed by atoms with Gasteiger partial charge in [0.1, 0.15) is 18.3 Å². The van der Waals surface area contributed by atoms with Crippen LogP contribution in [0, 0.1) is 11.3 Å². The number of fused-ring (bicyclic) bond motifs is 1. The summed E-state index contributed by atoms with van der Waals surface area (Å²) < 4.78 is 2.72. The van der Waals surface area contributed by atoms with Gasteiger partial charge in [0.15, 0.2) is 5.65 Å². The number of aromatic nitrogens is 4. The highest BCUT2D eigenvalue weighted by atomic mass is 16.2. The van der Waals surface area contributed by atoms with Gasteiger partial charge in [-0.05, 0) is 24.3 Å². The SMILES string of the molecule is Cn1ncc2c(=O)n(CC(=O)Nc3ccc(C#N)cc3)cnc21. The molecule has 3 rings (SSSR count). The van der Waals surface area contributed by atoms with Crippen LogP contribution in [-0.4, -0.2) is 25.2 Å². The molecule has 0 aliphatic carbocycles. The lowest BCUT2D eigenvalue weighted by atomic mass is 10.2.